The number of halogens is 1. The number of anilines is 1. The normalized spacial score (nSPS) is 11.9. The lowest BCUT2D eigenvalue weighted by atomic mass is 10.1. The maximum absolute atomic E-state index is 11.8. The van der Waals surface area contributed by atoms with Gasteiger partial charge in [0.1, 0.15) is 0 Å². The van der Waals surface area contributed by atoms with Gasteiger partial charge in [0, 0.05) is 22.9 Å². The number of hydrogen-bond acceptors (Lipinski definition) is 4. The lowest BCUT2D eigenvalue weighted by molar-refractivity contribution is -0.116. The van der Waals surface area contributed by atoms with E-state index in [0.717, 1.165) is 11.3 Å². The lowest BCUT2D eigenvalue weighted by Crippen LogP contribution is -2.23. The molecule has 120 valence electrons. The Morgan fingerprint density at radius 3 is 2.45 bits per heavy atom. The average Bonchev–Trinajstić information content (AvgIpc) is 2.82. The van der Waals surface area contributed by atoms with Crippen LogP contribution in [0.25, 0.3) is 11.3 Å². The van der Waals surface area contributed by atoms with E-state index < -0.39 is 0 Å². The Labute approximate surface area is 141 Å². The van der Waals surface area contributed by atoms with Crippen LogP contribution in [0.2, 0.25) is 0 Å². The number of nitrogens with one attached hydrogen (secondary N) is 1. The van der Waals surface area contributed by atoms with Gasteiger partial charge < -0.3 is 11.1 Å². The Bertz CT molecular complexity index is 611. The minimum atomic E-state index is -0.150. The van der Waals surface area contributed by atoms with Crippen molar-refractivity contribution < 1.29 is 4.79 Å². The van der Waals surface area contributed by atoms with Crippen LogP contribution in [0.3, 0.4) is 0 Å². The number of amides is 1. The van der Waals surface area contributed by atoms with Crippen molar-refractivity contribution in [3.63, 3.8) is 0 Å². The summed E-state index contributed by atoms with van der Waals surface area (Å²) >= 11 is 1.53. The molecule has 0 bridgehead atoms. The second kappa shape index (κ2) is 8.27. The monoisotopic (exact) mass is 339 g/mol. The Hall–Kier alpha value is -1.43. The molecule has 0 aliphatic heterocycles. The SMILES string of the molecule is CC(N)CC(=O)Nc1nc(-c2ccccc2)c(C(C)C)s1.Cl. The van der Waals surface area contributed by atoms with Crippen molar-refractivity contribution in [1.82, 2.24) is 4.98 Å². The highest BCUT2D eigenvalue weighted by Crippen LogP contribution is 2.36. The van der Waals surface area contributed by atoms with Gasteiger partial charge >= 0.3 is 0 Å². The summed E-state index contributed by atoms with van der Waals surface area (Å²) in [5, 5.41) is 3.49. The number of nitrogens with two attached hydrogens (primary N) is 1. The summed E-state index contributed by atoms with van der Waals surface area (Å²) in [5.74, 6) is 0.269. The summed E-state index contributed by atoms with van der Waals surface area (Å²) in [6.45, 7) is 6.08. The summed E-state index contributed by atoms with van der Waals surface area (Å²) in [4.78, 5) is 17.6. The third kappa shape index (κ3) is 4.80. The van der Waals surface area contributed by atoms with Gasteiger partial charge in [-0.25, -0.2) is 4.98 Å². The predicted molar refractivity (Wildman–Crippen MR) is 95.8 cm³/mol. The molecule has 1 amide bonds. The Morgan fingerprint density at radius 1 is 1.27 bits per heavy atom. The molecule has 0 radical (unpaired) electrons. The molecule has 0 aliphatic rings. The number of rotatable bonds is 5. The van der Waals surface area contributed by atoms with Crippen molar-refractivity contribution in [1.29, 1.82) is 0 Å². The van der Waals surface area contributed by atoms with Crippen molar-refractivity contribution in [2.45, 2.75) is 39.2 Å². The van der Waals surface area contributed by atoms with Crippen molar-refractivity contribution in [3.8, 4) is 11.3 Å². The molecule has 0 aliphatic carbocycles. The molecule has 0 spiro atoms. The number of nitrogens with zero attached hydrogens (tertiary/aromatic N) is 1. The zero-order valence-corrected chi connectivity index (χ0v) is 14.6. The number of aromatic nitrogens is 1. The molecule has 2 rings (SSSR count). The highest BCUT2D eigenvalue weighted by molar-refractivity contribution is 7.16. The summed E-state index contributed by atoms with van der Waals surface area (Å²) in [7, 11) is 0. The summed E-state index contributed by atoms with van der Waals surface area (Å²) < 4.78 is 0. The van der Waals surface area contributed by atoms with Gasteiger partial charge in [-0.2, -0.15) is 0 Å². The second-order valence-corrected chi connectivity index (χ2v) is 6.51. The van der Waals surface area contributed by atoms with Gasteiger partial charge in [0.25, 0.3) is 0 Å². The van der Waals surface area contributed by atoms with E-state index in [9.17, 15) is 4.79 Å². The van der Waals surface area contributed by atoms with Crippen molar-refractivity contribution >= 4 is 34.8 Å². The zero-order chi connectivity index (χ0) is 15.4. The maximum Gasteiger partial charge on any atom is 0.227 e. The van der Waals surface area contributed by atoms with Gasteiger partial charge in [-0.15, -0.1) is 23.7 Å². The van der Waals surface area contributed by atoms with E-state index in [1.165, 1.54) is 16.2 Å². The maximum atomic E-state index is 11.8. The highest BCUT2D eigenvalue weighted by atomic mass is 35.5. The van der Waals surface area contributed by atoms with Gasteiger partial charge in [0.2, 0.25) is 5.91 Å². The summed E-state index contributed by atoms with van der Waals surface area (Å²) in [6.07, 6.45) is 0.303. The third-order valence-corrected chi connectivity index (χ3v) is 4.25. The second-order valence-electron chi connectivity index (χ2n) is 5.48. The fourth-order valence-electron chi connectivity index (χ4n) is 2.04. The molecule has 3 N–H and O–H groups in total. The predicted octanol–water partition coefficient (Wildman–Crippen LogP) is 4.03. The molecular weight excluding hydrogens is 318 g/mol. The first-order chi connectivity index (χ1) is 9.97. The molecule has 22 heavy (non-hydrogen) atoms. The minimum Gasteiger partial charge on any atom is -0.327 e. The first-order valence-electron chi connectivity index (χ1n) is 7.09. The molecule has 0 saturated carbocycles. The van der Waals surface area contributed by atoms with E-state index in [4.69, 9.17) is 5.73 Å². The van der Waals surface area contributed by atoms with Crippen LogP contribution in [0.4, 0.5) is 5.13 Å². The van der Waals surface area contributed by atoms with E-state index in [-0.39, 0.29) is 24.4 Å². The van der Waals surface area contributed by atoms with Crippen LogP contribution in [0.15, 0.2) is 30.3 Å². The van der Waals surface area contributed by atoms with Crippen LogP contribution in [0, 0.1) is 0 Å². The largest absolute Gasteiger partial charge is 0.327 e. The molecule has 1 heterocycles. The molecule has 1 aromatic carbocycles. The van der Waals surface area contributed by atoms with E-state index >= 15 is 0 Å². The number of benzene rings is 1. The standard InChI is InChI=1S/C16H21N3OS.ClH/c1-10(2)15-14(12-7-5-4-6-8-12)19-16(21-15)18-13(20)9-11(3)17;/h4-8,10-11H,9,17H2,1-3H3,(H,18,19,20);1H. The first kappa shape index (κ1) is 18.6. The van der Waals surface area contributed by atoms with Gasteiger partial charge in [-0.1, -0.05) is 44.2 Å². The van der Waals surface area contributed by atoms with Crippen LogP contribution in [-0.4, -0.2) is 16.9 Å². The van der Waals surface area contributed by atoms with E-state index in [1.54, 1.807) is 0 Å². The van der Waals surface area contributed by atoms with Gasteiger partial charge in [0.05, 0.1) is 5.69 Å². The van der Waals surface area contributed by atoms with E-state index in [1.807, 2.05) is 37.3 Å². The minimum absolute atomic E-state index is 0. The zero-order valence-electron chi connectivity index (χ0n) is 13.0. The van der Waals surface area contributed by atoms with Crippen LogP contribution in [0.5, 0.6) is 0 Å². The van der Waals surface area contributed by atoms with Crippen molar-refractivity contribution in [2.24, 2.45) is 5.73 Å². The fourth-order valence-corrected chi connectivity index (χ4v) is 3.05. The molecule has 0 saturated heterocycles. The smallest absolute Gasteiger partial charge is 0.227 e. The lowest BCUT2D eigenvalue weighted by Gasteiger charge is -2.04. The van der Waals surface area contributed by atoms with Gasteiger partial charge in [0.15, 0.2) is 5.13 Å². The van der Waals surface area contributed by atoms with Crippen LogP contribution >= 0.6 is 23.7 Å². The van der Waals surface area contributed by atoms with E-state index in [0.29, 0.717) is 17.5 Å². The number of carbonyl (C=O) groups is 1. The van der Waals surface area contributed by atoms with Crippen molar-refractivity contribution in [3.05, 3.63) is 35.2 Å². The molecule has 1 unspecified atom stereocenters. The molecule has 1 aromatic heterocycles. The molecule has 4 nitrogen and oxygen atoms in total. The summed E-state index contributed by atoms with van der Waals surface area (Å²) in [5.41, 5.74) is 7.67. The molecule has 0 fully saturated rings. The van der Waals surface area contributed by atoms with Gasteiger partial charge in [-0.05, 0) is 12.8 Å². The van der Waals surface area contributed by atoms with E-state index in [2.05, 4.69) is 24.1 Å². The quantitative estimate of drug-likeness (QED) is 0.864. The Kier molecular flexibility index (Phi) is 7.00. The van der Waals surface area contributed by atoms with Crippen LogP contribution < -0.4 is 11.1 Å². The molecule has 1 atom stereocenters. The Morgan fingerprint density at radius 2 is 1.91 bits per heavy atom. The first-order valence-corrected chi connectivity index (χ1v) is 7.90. The average molecular weight is 340 g/mol. The molecule has 2 aromatic rings. The van der Waals surface area contributed by atoms with Gasteiger partial charge in [-0.3, -0.25) is 4.79 Å². The summed E-state index contributed by atoms with van der Waals surface area (Å²) in [6, 6.07) is 9.89. The fraction of sp³-hybridized carbons (Fsp3) is 0.375. The topological polar surface area (TPSA) is 68.0 Å². The Balaban J connectivity index is 0.00000242. The highest BCUT2D eigenvalue weighted by Gasteiger charge is 2.17. The van der Waals surface area contributed by atoms with Crippen LogP contribution in [0.1, 0.15) is 38.0 Å². The molecule has 6 heteroatoms. The number of carbonyl (C=O) groups excluding carboxylic acids is 1. The number of hydrogen-bond donors (Lipinski definition) is 2. The third-order valence-electron chi connectivity index (χ3n) is 2.98. The molecular formula is C16H22ClN3OS. The van der Waals surface area contributed by atoms with Crippen LogP contribution in [-0.2, 0) is 4.79 Å². The van der Waals surface area contributed by atoms with Crippen molar-refractivity contribution in [2.75, 3.05) is 5.32 Å². The number of thiazole rings is 1.